The van der Waals surface area contributed by atoms with Crippen molar-refractivity contribution in [2.75, 3.05) is 10.6 Å². The fraction of sp³-hybridized carbons (Fsp3) is 0.200. The van der Waals surface area contributed by atoms with Crippen molar-refractivity contribution < 1.29 is 4.79 Å². The monoisotopic (exact) mass is 367 g/mol. The molecule has 0 atom stereocenters. The van der Waals surface area contributed by atoms with Gasteiger partial charge >= 0.3 is 0 Å². The summed E-state index contributed by atoms with van der Waals surface area (Å²) in [6.07, 6.45) is 1.52. The van der Waals surface area contributed by atoms with Gasteiger partial charge in [0.1, 0.15) is 5.15 Å². The van der Waals surface area contributed by atoms with Gasteiger partial charge in [-0.2, -0.15) is 0 Å². The maximum Gasteiger partial charge on any atom is 0.257 e. The van der Waals surface area contributed by atoms with Gasteiger partial charge in [0.05, 0.1) is 21.9 Å². The van der Waals surface area contributed by atoms with Gasteiger partial charge in [-0.25, -0.2) is 4.98 Å². The molecule has 1 heterocycles. The van der Waals surface area contributed by atoms with Crippen LogP contribution in [-0.2, 0) is 0 Å². The fourth-order valence-electron chi connectivity index (χ4n) is 1.81. The molecule has 0 aliphatic carbocycles. The van der Waals surface area contributed by atoms with Gasteiger partial charge in [0.25, 0.3) is 5.91 Å². The van der Waals surface area contributed by atoms with Crippen LogP contribution in [0.25, 0.3) is 0 Å². The first-order valence-electron chi connectivity index (χ1n) is 6.45. The van der Waals surface area contributed by atoms with E-state index in [1.807, 2.05) is 32.0 Å². The number of hydrogen-bond acceptors (Lipinski definition) is 3. The summed E-state index contributed by atoms with van der Waals surface area (Å²) in [6.45, 7) is 4.05. The van der Waals surface area contributed by atoms with Gasteiger partial charge in [-0.15, -0.1) is 0 Å². The molecule has 0 saturated heterocycles. The summed E-state index contributed by atoms with van der Waals surface area (Å²) in [5, 5.41) is 6.42. The number of amides is 1. The number of anilines is 2. The van der Waals surface area contributed by atoms with Crippen molar-refractivity contribution in [1.29, 1.82) is 0 Å². The Kier molecular flexibility index (Phi) is 5.20. The molecule has 0 aliphatic heterocycles. The Morgan fingerprint density at radius 1 is 1.33 bits per heavy atom. The summed E-state index contributed by atoms with van der Waals surface area (Å²) in [5.74, 6) is -0.199. The molecular formula is C15H15BrClN3O. The molecule has 2 rings (SSSR count). The predicted octanol–water partition coefficient (Wildman–Crippen LogP) is 4.57. The largest absolute Gasteiger partial charge is 0.382 e. The number of rotatable bonds is 4. The Bertz CT molecular complexity index is 661. The van der Waals surface area contributed by atoms with Crippen LogP contribution in [0.5, 0.6) is 0 Å². The Hall–Kier alpha value is -1.59. The number of nitrogens with zero attached hydrogens (tertiary/aromatic N) is 1. The summed E-state index contributed by atoms with van der Waals surface area (Å²) in [6, 6.07) is 9.33. The molecule has 0 radical (unpaired) electrons. The molecule has 1 aromatic carbocycles. The highest BCUT2D eigenvalue weighted by Crippen LogP contribution is 2.24. The van der Waals surface area contributed by atoms with E-state index < -0.39 is 0 Å². The van der Waals surface area contributed by atoms with Crippen LogP contribution < -0.4 is 10.6 Å². The lowest BCUT2D eigenvalue weighted by Crippen LogP contribution is -2.17. The number of para-hydroxylation sites is 1. The SMILES string of the molecule is CC(C)Nc1ccccc1C(=O)Nc1cnc(Cl)c(Br)c1. The van der Waals surface area contributed by atoms with Gasteiger partial charge < -0.3 is 10.6 Å². The molecule has 6 heteroatoms. The third-order valence-electron chi connectivity index (χ3n) is 2.67. The smallest absolute Gasteiger partial charge is 0.257 e. The van der Waals surface area contributed by atoms with E-state index >= 15 is 0 Å². The number of carbonyl (C=O) groups excluding carboxylic acids is 1. The average Bonchev–Trinajstić information content (AvgIpc) is 2.43. The quantitative estimate of drug-likeness (QED) is 0.777. The van der Waals surface area contributed by atoms with E-state index in [1.54, 1.807) is 12.1 Å². The van der Waals surface area contributed by atoms with Crippen molar-refractivity contribution >= 4 is 44.8 Å². The number of pyridine rings is 1. The normalized spacial score (nSPS) is 10.5. The second-order valence-corrected chi connectivity index (χ2v) is 6.01. The van der Waals surface area contributed by atoms with E-state index in [9.17, 15) is 4.79 Å². The van der Waals surface area contributed by atoms with Crippen molar-refractivity contribution in [3.8, 4) is 0 Å². The molecule has 0 bridgehead atoms. The lowest BCUT2D eigenvalue weighted by atomic mass is 10.1. The molecule has 110 valence electrons. The zero-order chi connectivity index (χ0) is 15.4. The molecule has 0 spiro atoms. The number of carbonyl (C=O) groups is 1. The maximum atomic E-state index is 12.4. The Morgan fingerprint density at radius 3 is 2.71 bits per heavy atom. The summed E-state index contributed by atoms with van der Waals surface area (Å²) in [5.41, 5.74) is 1.96. The Labute approximate surface area is 137 Å². The number of aromatic nitrogens is 1. The summed E-state index contributed by atoms with van der Waals surface area (Å²) in [4.78, 5) is 16.4. The Morgan fingerprint density at radius 2 is 2.05 bits per heavy atom. The number of nitrogens with one attached hydrogen (secondary N) is 2. The minimum atomic E-state index is -0.199. The van der Waals surface area contributed by atoms with E-state index in [0.717, 1.165) is 5.69 Å². The first-order valence-corrected chi connectivity index (χ1v) is 7.62. The highest BCUT2D eigenvalue weighted by atomic mass is 79.9. The number of benzene rings is 1. The number of hydrogen-bond donors (Lipinski definition) is 2. The topological polar surface area (TPSA) is 54.0 Å². The average molecular weight is 369 g/mol. The minimum Gasteiger partial charge on any atom is -0.382 e. The van der Waals surface area contributed by atoms with Gasteiger partial charge in [-0.3, -0.25) is 4.79 Å². The van der Waals surface area contributed by atoms with Crippen LogP contribution in [0.2, 0.25) is 5.15 Å². The van der Waals surface area contributed by atoms with Gasteiger partial charge in [0.15, 0.2) is 0 Å². The van der Waals surface area contributed by atoms with Crippen LogP contribution >= 0.6 is 27.5 Å². The standard InChI is InChI=1S/C15H15BrClN3O/c1-9(2)19-13-6-4-3-5-11(13)15(21)20-10-7-12(16)14(17)18-8-10/h3-9,19H,1-2H3,(H,20,21). The lowest BCUT2D eigenvalue weighted by molar-refractivity contribution is 0.102. The zero-order valence-corrected chi connectivity index (χ0v) is 14.0. The van der Waals surface area contributed by atoms with E-state index in [2.05, 4.69) is 31.5 Å². The number of halogens is 2. The van der Waals surface area contributed by atoms with E-state index in [-0.39, 0.29) is 11.9 Å². The first-order chi connectivity index (χ1) is 9.97. The third kappa shape index (κ3) is 4.19. The molecule has 2 aromatic rings. The summed E-state index contributed by atoms with van der Waals surface area (Å²) >= 11 is 9.12. The predicted molar refractivity (Wildman–Crippen MR) is 90.1 cm³/mol. The van der Waals surface area contributed by atoms with Gasteiger partial charge in [-0.05, 0) is 48.0 Å². The molecule has 1 aromatic heterocycles. The highest BCUT2D eigenvalue weighted by molar-refractivity contribution is 9.10. The lowest BCUT2D eigenvalue weighted by Gasteiger charge is -2.14. The van der Waals surface area contributed by atoms with Crippen LogP contribution in [-0.4, -0.2) is 16.9 Å². The van der Waals surface area contributed by atoms with Crippen molar-refractivity contribution in [2.24, 2.45) is 0 Å². The molecule has 2 N–H and O–H groups in total. The molecule has 0 aliphatic rings. The van der Waals surface area contributed by atoms with Crippen LogP contribution in [0.3, 0.4) is 0 Å². The van der Waals surface area contributed by atoms with Crippen molar-refractivity contribution in [1.82, 2.24) is 4.98 Å². The second-order valence-electron chi connectivity index (χ2n) is 4.80. The molecule has 1 amide bonds. The molecule has 0 unspecified atom stereocenters. The summed E-state index contributed by atoms with van der Waals surface area (Å²) in [7, 11) is 0. The molecule has 21 heavy (non-hydrogen) atoms. The molecule has 0 saturated carbocycles. The highest BCUT2D eigenvalue weighted by Gasteiger charge is 2.12. The molecule has 0 fully saturated rings. The van der Waals surface area contributed by atoms with Gasteiger partial charge in [0, 0.05) is 11.7 Å². The molecule has 4 nitrogen and oxygen atoms in total. The van der Waals surface area contributed by atoms with Crippen LogP contribution in [0, 0.1) is 0 Å². The Balaban J connectivity index is 2.22. The van der Waals surface area contributed by atoms with E-state index in [4.69, 9.17) is 11.6 Å². The summed E-state index contributed by atoms with van der Waals surface area (Å²) < 4.78 is 0.635. The van der Waals surface area contributed by atoms with E-state index in [1.165, 1.54) is 6.20 Å². The minimum absolute atomic E-state index is 0.199. The van der Waals surface area contributed by atoms with Gasteiger partial charge in [0.2, 0.25) is 0 Å². The third-order valence-corrected chi connectivity index (χ3v) is 3.80. The van der Waals surface area contributed by atoms with Crippen LogP contribution in [0.1, 0.15) is 24.2 Å². The molecular weight excluding hydrogens is 354 g/mol. The van der Waals surface area contributed by atoms with Crippen molar-refractivity contribution in [3.05, 3.63) is 51.7 Å². The van der Waals surface area contributed by atoms with E-state index in [0.29, 0.717) is 20.9 Å². The van der Waals surface area contributed by atoms with Crippen molar-refractivity contribution in [3.63, 3.8) is 0 Å². The van der Waals surface area contributed by atoms with Gasteiger partial charge in [-0.1, -0.05) is 23.7 Å². The zero-order valence-electron chi connectivity index (χ0n) is 11.7. The maximum absolute atomic E-state index is 12.4. The second kappa shape index (κ2) is 6.91. The first kappa shape index (κ1) is 15.8. The van der Waals surface area contributed by atoms with Crippen molar-refractivity contribution in [2.45, 2.75) is 19.9 Å². The fourth-order valence-corrected chi connectivity index (χ4v) is 2.26. The van der Waals surface area contributed by atoms with Crippen LogP contribution in [0.4, 0.5) is 11.4 Å². The van der Waals surface area contributed by atoms with Crippen LogP contribution in [0.15, 0.2) is 41.0 Å².